The quantitative estimate of drug-likeness (QED) is 0.536. The summed E-state index contributed by atoms with van der Waals surface area (Å²) in [6.45, 7) is 1.46. The molecule has 0 atom stereocenters. The van der Waals surface area contributed by atoms with Crippen LogP contribution >= 0.6 is 0 Å². The molecule has 4 rings (SSSR count). The lowest BCUT2D eigenvalue weighted by Crippen LogP contribution is -2.52. The lowest BCUT2D eigenvalue weighted by atomic mass is 9.77. The average Bonchev–Trinajstić information content (AvgIpc) is 3.35. The molecule has 3 fully saturated rings. The van der Waals surface area contributed by atoms with Crippen molar-refractivity contribution in [2.24, 2.45) is 5.92 Å². The molecule has 0 radical (unpaired) electrons. The van der Waals surface area contributed by atoms with E-state index < -0.39 is 47.2 Å². The maximum absolute atomic E-state index is 13.7. The third-order valence-electron chi connectivity index (χ3n) is 7.09. The van der Waals surface area contributed by atoms with Crippen molar-refractivity contribution in [3.05, 3.63) is 35.6 Å². The average molecular weight is 445 g/mol. The number of nitrogens with one attached hydrogen (secondary N) is 2. The third kappa shape index (κ3) is 3.96. The van der Waals surface area contributed by atoms with Crippen molar-refractivity contribution in [3.63, 3.8) is 0 Å². The number of nitrogens with zero attached hydrogens (tertiary/aromatic N) is 1. The second kappa shape index (κ2) is 8.52. The first-order valence-electron chi connectivity index (χ1n) is 11.2. The molecule has 2 aliphatic carbocycles. The van der Waals surface area contributed by atoms with Crippen molar-refractivity contribution < 1.29 is 28.3 Å². The molecule has 9 heteroatoms. The number of hydrogen-bond donors (Lipinski definition) is 2. The molecule has 2 N–H and O–H groups in total. The molecule has 2 saturated carbocycles. The van der Waals surface area contributed by atoms with Crippen LogP contribution in [0.4, 0.5) is 9.18 Å². The molecule has 0 bridgehead atoms. The van der Waals surface area contributed by atoms with E-state index in [2.05, 4.69) is 17.7 Å². The minimum Gasteiger partial charge on any atom is -0.455 e. The summed E-state index contributed by atoms with van der Waals surface area (Å²) in [4.78, 5) is 50.5. The first-order valence-corrected chi connectivity index (χ1v) is 11.2. The van der Waals surface area contributed by atoms with Gasteiger partial charge in [0.05, 0.1) is 5.41 Å². The minimum absolute atomic E-state index is 0.441. The Bertz CT molecular complexity index is 935. The molecule has 0 aromatic heterocycles. The number of rotatable bonds is 5. The van der Waals surface area contributed by atoms with E-state index in [4.69, 9.17) is 4.74 Å². The summed E-state index contributed by atoms with van der Waals surface area (Å²) >= 11 is 0. The van der Waals surface area contributed by atoms with Gasteiger partial charge in [0.1, 0.15) is 11.4 Å². The molecular weight excluding hydrogens is 417 g/mol. The lowest BCUT2D eigenvalue weighted by molar-refractivity contribution is -0.155. The van der Waals surface area contributed by atoms with Gasteiger partial charge >= 0.3 is 12.0 Å². The predicted molar refractivity (Wildman–Crippen MR) is 111 cm³/mol. The topological polar surface area (TPSA) is 105 Å². The Morgan fingerprint density at radius 3 is 2.53 bits per heavy atom. The van der Waals surface area contributed by atoms with Crippen molar-refractivity contribution in [3.8, 4) is 0 Å². The maximum Gasteiger partial charge on any atom is 0.344 e. The van der Waals surface area contributed by atoms with Gasteiger partial charge in [-0.2, -0.15) is 5.01 Å². The molecule has 1 saturated heterocycles. The van der Waals surface area contributed by atoms with Gasteiger partial charge in [0.15, 0.2) is 6.61 Å². The molecule has 172 valence electrons. The fraction of sp³-hybridized carbons (Fsp3) is 0.565. The minimum atomic E-state index is -0.994. The van der Waals surface area contributed by atoms with Gasteiger partial charge in [0.2, 0.25) is 0 Å². The summed E-state index contributed by atoms with van der Waals surface area (Å²) < 4.78 is 19.0. The molecule has 1 aromatic carbocycles. The molecule has 1 spiro atoms. The van der Waals surface area contributed by atoms with Gasteiger partial charge in [0.25, 0.3) is 11.8 Å². The van der Waals surface area contributed by atoms with Crippen LogP contribution in [0, 0.1) is 11.7 Å². The lowest BCUT2D eigenvalue weighted by Gasteiger charge is -2.33. The third-order valence-corrected chi connectivity index (χ3v) is 7.09. The summed E-state index contributed by atoms with van der Waals surface area (Å²) in [7, 11) is 0. The number of amides is 4. The normalized spacial score (nSPS) is 26.8. The zero-order valence-corrected chi connectivity index (χ0v) is 18.1. The fourth-order valence-electron chi connectivity index (χ4n) is 5.12. The number of hydrazine groups is 1. The molecular formula is C23H28FN3O5. The number of halogens is 1. The van der Waals surface area contributed by atoms with E-state index in [0.717, 1.165) is 25.7 Å². The second-order valence-electron chi connectivity index (χ2n) is 9.25. The number of urea groups is 1. The highest BCUT2D eigenvalue weighted by Crippen LogP contribution is 2.42. The van der Waals surface area contributed by atoms with Gasteiger partial charge < -0.3 is 10.1 Å². The Labute approximate surface area is 185 Å². The number of esters is 1. The second-order valence-corrected chi connectivity index (χ2v) is 9.25. The van der Waals surface area contributed by atoms with Crippen LogP contribution in [0.3, 0.4) is 0 Å². The van der Waals surface area contributed by atoms with Gasteiger partial charge in [0, 0.05) is 0 Å². The van der Waals surface area contributed by atoms with Crippen molar-refractivity contribution in [2.45, 2.75) is 69.2 Å². The molecule has 0 unspecified atom stereocenters. The van der Waals surface area contributed by atoms with Crippen LogP contribution in [-0.2, 0) is 24.5 Å². The molecule has 4 amide bonds. The number of carbonyl (C=O) groups excluding carboxylic acids is 4. The van der Waals surface area contributed by atoms with Crippen molar-refractivity contribution in [1.29, 1.82) is 0 Å². The first kappa shape index (κ1) is 22.2. The Kier molecular flexibility index (Phi) is 5.92. The van der Waals surface area contributed by atoms with E-state index >= 15 is 0 Å². The van der Waals surface area contributed by atoms with Gasteiger partial charge in [-0.25, -0.2) is 9.18 Å². The van der Waals surface area contributed by atoms with Crippen LogP contribution in [0.2, 0.25) is 0 Å². The Morgan fingerprint density at radius 1 is 1.19 bits per heavy atom. The van der Waals surface area contributed by atoms with Crippen molar-refractivity contribution >= 4 is 23.8 Å². The number of ether oxygens (including phenoxy) is 1. The molecule has 32 heavy (non-hydrogen) atoms. The predicted octanol–water partition coefficient (Wildman–Crippen LogP) is 2.71. The van der Waals surface area contributed by atoms with Crippen molar-refractivity contribution in [1.82, 2.24) is 15.8 Å². The van der Waals surface area contributed by atoms with Gasteiger partial charge in [-0.15, -0.1) is 0 Å². The van der Waals surface area contributed by atoms with Gasteiger partial charge in [-0.1, -0.05) is 31.9 Å². The van der Waals surface area contributed by atoms with Crippen LogP contribution in [0.25, 0.3) is 0 Å². The summed E-state index contributed by atoms with van der Waals surface area (Å²) in [6.07, 6.45) is 5.27. The van der Waals surface area contributed by atoms with Gasteiger partial charge in [-0.3, -0.25) is 19.8 Å². The molecule has 3 aliphatic rings. The summed E-state index contributed by atoms with van der Waals surface area (Å²) in [5.74, 6) is -1.83. The number of hydrogen-bond acceptors (Lipinski definition) is 5. The van der Waals surface area contributed by atoms with Crippen LogP contribution in [0.5, 0.6) is 0 Å². The largest absolute Gasteiger partial charge is 0.455 e. The molecule has 1 aromatic rings. The van der Waals surface area contributed by atoms with Crippen LogP contribution in [-0.4, -0.2) is 41.0 Å². The zero-order valence-electron chi connectivity index (χ0n) is 18.1. The standard InChI is InChI=1S/C23H28FN3O5/c1-15-7-11-23(12-8-15)19(29)27(21(31)25-23)26-18(28)14-32-20(30)22(9-2-3-10-22)16-5-4-6-17(24)13-16/h4-6,13,15H,2-3,7-12,14H2,1H3,(H,25,31)(H,26,28). The van der Waals surface area contributed by atoms with Crippen LogP contribution in [0.1, 0.15) is 63.9 Å². The van der Waals surface area contributed by atoms with E-state index in [1.165, 1.54) is 12.1 Å². The summed E-state index contributed by atoms with van der Waals surface area (Å²) in [5.41, 5.74) is 0.827. The van der Waals surface area contributed by atoms with Gasteiger partial charge in [-0.05, 0) is 62.1 Å². The highest BCUT2D eigenvalue weighted by Gasteiger charge is 2.53. The van der Waals surface area contributed by atoms with Crippen LogP contribution < -0.4 is 10.7 Å². The number of benzene rings is 1. The zero-order chi connectivity index (χ0) is 22.9. The van der Waals surface area contributed by atoms with E-state index in [1.807, 2.05) is 0 Å². The fourth-order valence-corrected chi connectivity index (χ4v) is 5.12. The molecule has 8 nitrogen and oxygen atoms in total. The van der Waals surface area contributed by atoms with Crippen molar-refractivity contribution in [2.75, 3.05) is 6.61 Å². The molecule has 1 aliphatic heterocycles. The first-order chi connectivity index (χ1) is 15.3. The Balaban J connectivity index is 1.38. The summed E-state index contributed by atoms with van der Waals surface area (Å²) in [6, 6.07) is 5.18. The van der Waals surface area contributed by atoms with E-state index in [1.54, 1.807) is 12.1 Å². The van der Waals surface area contributed by atoms with E-state index in [-0.39, 0.29) is 0 Å². The maximum atomic E-state index is 13.7. The smallest absolute Gasteiger partial charge is 0.344 e. The SMILES string of the molecule is CC1CCC2(CC1)NC(=O)N(NC(=O)COC(=O)C1(c3cccc(F)c3)CCCC1)C2=O. The Morgan fingerprint density at radius 2 is 1.88 bits per heavy atom. The number of imide groups is 1. The highest BCUT2D eigenvalue weighted by atomic mass is 19.1. The summed E-state index contributed by atoms with van der Waals surface area (Å²) in [5, 5.41) is 3.40. The van der Waals surface area contributed by atoms with Crippen LogP contribution in [0.15, 0.2) is 24.3 Å². The Hall–Kier alpha value is -2.97. The molecule has 1 heterocycles. The van der Waals surface area contributed by atoms with E-state index in [0.29, 0.717) is 42.2 Å². The van der Waals surface area contributed by atoms with E-state index in [9.17, 15) is 23.6 Å². The number of carbonyl (C=O) groups is 4. The monoisotopic (exact) mass is 445 g/mol. The highest BCUT2D eigenvalue weighted by molar-refractivity contribution is 6.08.